The quantitative estimate of drug-likeness (QED) is 0.826. The maximum Gasteiger partial charge on any atom is 0.229 e. The van der Waals surface area contributed by atoms with Crippen LogP contribution in [0.25, 0.3) is 0 Å². The van der Waals surface area contributed by atoms with Gasteiger partial charge in [-0.2, -0.15) is 0 Å². The first-order valence-electron chi connectivity index (χ1n) is 8.56. The molecule has 142 valence electrons. The minimum absolute atomic E-state index is 0.0426. The lowest BCUT2D eigenvalue weighted by Gasteiger charge is -2.19. The molecule has 2 aromatic rings. The third-order valence-electron chi connectivity index (χ3n) is 4.45. The molecule has 1 aliphatic rings. The standard InChI is InChI=1S/C20H21ClN2O4/c1-26-17-8-7-16(11-18(17)27-2)23-12-15(10-20(23)25)22-19(24)9-13-3-5-14(21)6-4-13/h3-8,11,15H,9-10,12H2,1-2H3,(H,22,24)/t15-/m0/s1. The van der Waals surface area contributed by atoms with Gasteiger partial charge in [-0.25, -0.2) is 0 Å². The summed E-state index contributed by atoms with van der Waals surface area (Å²) < 4.78 is 10.5. The molecule has 0 aliphatic carbocycles. The summed E-state index contributed by atoms with van der Waals surface area (Å²) in [6, 6.07) is 12.2. The fourth-order valence-electron chi connectivity index (χ4n) is 3.11. The van der Waals surface area contributed by atoms with Crippen LogP contribution < -0.4 is 19.7 Å². The van der Waals surface area contributed by atoms with E-state index in [1.807, 2.05) is 12.1 Å². The highest BCUT2D eigenvalue weighted by molar-refractivity contribution is 6.30. The number of nitrogens with zero attached hydrogens (tertiary/aromatic N) is 1. The van der Waals surface area contributed by atoms with Gasteiger partial charge in [-0.05, 0) is 29.8 Å². The zero-order valence-electron chi connectivity index (χ0n) is 15.2. The van der Waals surface area contributed by atoms with E-state index < -0.39 is 0 Å². The molecule has 0 bridgehead atoms. The Morgan fingerprint density at radius 1 is 1.15 bits per heavy atom. The summed E-state index contributed by atoms with van der Waals surface area (Å²) in [5.74, 6) is 0.988. The Labute approximate surface area is 163 Å². The maximum atomic E-state index is 12.4. The highest BCUT2D eigenvalue weighted by Crippen LogP contribution is 2.33. The molecule has 1 saturated heterocycles. The number of rotatable bonds is 6. The van der Waals surface area contributed by atoms with Crippen molar-refractivity contribution in [3.63, 3.8) is 0 Å². The molecule has 1 N–H and O–H groups in total. The van der Waals surface area contributed by atoms with Gasteiger partial charge in [0.1, 0.15) is 0 Å². The van der Waals surface area contributed by atoms with Crippen LogP contribution in [0, 0.1) is 0 Å². The van der Waals surface area contributed by atoms with E-state index in [9.17, 15) is 9.59 Å². The third-order valence-corrected chi connectivity index (χ3v) is 4.70. The van der Waals surface area contributed by atoms with Crippen molar-refractivity contribution in [1.29, 1.82) is 0 Å². The molecule has 0 spiro atoms. The van der Waals surface area contributed by atoms with Crippen molar-refractivity contribution in [3.05, 3.63) is 53.1 Å². The Hall–Kier alpha value is -2.73. The number of nitrogens with one attached hydrogen (secondary N) is 1. The zero-order chi connectivity index (χ0) is 19.4. The summed E-state index contributed by atoms with van der Waals surface area (Å²) in [6.45, 7) is 0.417. The van der Waals surface area contributed by atoms with E-state index in [1.165, 1.54) is 0 Å². The highest BCUT2D eigenvalue weighted by atomic mass is 35.5. The first-order valence-corrected chi connectivity index (χ1v) is 8.94. The molecule has 2 aromatic carbocycles. The maximum absolute atomic E-state index is 12.4. The van der Waals surface area contributed by atoms with Crippen LogP contribution in [0.1, 0.15) is 12.0 Å². The molecule has 6 nitrogen and oxygen atoms in total. The van der Waals surface area contributed by atoms with Crippen molar-refractivity contribution in [2.24, 2.45) is 0 Å². The normalized spacial score (nSPS) is 16.3. The number of carbonyl (C=O) groups is 2. The van der Waals surface area contributed by atoms with Crippen LogP contribution in [0.4, 0.5) is 5.69 Å². The molecule has 0 unspecified atom stereocenters. The zero-order valence-corrected chi connectivity index (χ0v) is 16.0. The molecule has 7 heteroatoms. The summed E-state index contributed by atoms with van der Waals surface area (Å²) in [7, 11) is 3.11. The lowest BCUT2D eigenvalue weighted by Crippen LogP contribution is -2.38. The molecule has 3 rings (SSSR count). The number of hydrogen-bond donors (Lipinski definition) is 1. The highest BCUT2D eigenvalue weighted by Gasteiger charge is 2.32. The van der Waals surface area contributed by atoms with Gasteiger partial charge in [-0.1, -0.05) is 23.7 Å². The van der Waals surface area contributed by atoms with E-state index in [1.54, 1.807) is 49.5 Å². The predicted molar refractivity (Wildman–Crippen MR) is 104 cm³/mol. The third kappa shape index (κ3) is 4.52. The van der Waals surface area contributed by atoms with Crippen molar-refractivity contribution < 1.29 is 19.1 Å². The molecule has 2 amide bonds. The molecule has 0 aromatic heterocycles. The first kappa shape index (κ1) is 19.0. The number of hydrogen-bond acceptors (Lipinski definition) is 4. The van der Waals surface area contributed by atoms with E-state index >= 15 is 0 Å². The second-order valence-corrected chi connectivity index (χ2v) is 6.75. The van der Waals surface area contributed by atoms with Crippen LogP contribution >= 0.6 is 11.6 Å². The molecule has 0 saturated carbocycles. The van der Waals surface area contributed by atoms with Crippen LogP contribution in [-0.4, -0.2) is 38.6 Å². The topological polar surface area (TPSA) is 67.9 Å². The SMILES string of the molecule is COc1ccc(N2C[C@@H](NC(=O)Cc3ccc(Cl)cc3)CC2=O)cc1OC. The van der Waals surface area contributed by atoms with Gasteiger partial charge in [0.25, 0.3) is 0 Å². The van der Waals surface area contributed by atoms with Gasteiger partial charge in [0, 0.05) is 29.7 Å². The van der Waals surface area contributed by atoms with Crippen LogP contribution in [0.5, 0.6) is 11.5 Å². The van der Waals surface area contributed by atoms with E-state index in [4.69, 9.17) is 21.1 Å². The Bertz CT molecular complexity index is 838. The summed E-state index contributed by atoms with van der Waals surface area (Å²) in [5.41, 5.74) is 1.59. The van der Waals surface area contributed by atoms with E-state index in [-0.39, 0.29) is 30.7 Å². The van der Waals surface area contributed by atoms with E-state index in [0.717, 1.165) is 5.56 Å². The van der Waals surface area contributed by atoms with Crippen molar-refractivity contribution in [1.82, 2.24) is 5.32 Å². The average Bonchev–Trinajstić information content (AvgIpc) is 3.02. The number of anilines is 1. The van der Waals surface area contributed by atoms with E-state index in [2.05, 4.69) is 5.32 Å². The number of benzene rings is 2. The van der Waals surface area contributed by atoms with Gasteiger partial charge in [-0.15, -0.1) is 0 Å². The first-order chi connectivity index (χ1) is 13.0. The van der Waals surface area contributed by atoms with Gasteiger partial charge in [0.05, 0.1) is 26.7 Å². The fraction of sp³-hybridized carbons (Fsp3) is 0.300. The largest absolute Gasteiger partial charge is 0.493 e. The smallest absolute Gasteiger partial charge is 0.229 e. The lowest BCUT2D eigenvalue weighted by molar-refractivity contribution is -0.121. The summed E-state index contributed by atoms with van der Waals surface area (Å²) in [4.78, 5) is 26.3. The van der Waals surface area contributed by atoms with Gasteiger partial charge < -0.3 is 19.7 Å². The van der Waals surface area contributed by atoms with Crippen molar-refractivity contribution in [3.8, 4) is 11.5 Å². The fourth-order valence-corrected chi connectivity index (χ4v) is 3.24. The monoisotopic (exact) mass is 388 g/mol. The van der Waals surface area contributed by atoms with Gasteiger partial charge in [0.2, 0.25) is 11.8 Å². The van der Waals surface area contributed by atoms with Crippen LogP contribution in [-0.2, 0) is 16.0 Å². The number of methoxy groups -OCH3 is 2. The predicted octanol–water partition coefficient (Wildman–Crippen LogP) is 2.82. The minimum Gasteiger partial charge on any atom is -0.493 e. The van der Waals surface area contributed by atoms with Crippen LogP contribution in [0.3, 0.4) is 0 Å². The summed E-state index contributed by atoms with van der Waals surface area (Å²) in [6.07, 6.45) is 0.513. The van der Waals surface area contributed by atoms with Crippen molar-refractivity contribution in [2.45, 2.75) is 18.9 Å². The van der Waals surface area contributed by atoms with Crippen LogP contribution in [0.15, 0.2) is 42.5 Å². The molecule has 1 heterocycles. The van der Waals surface area contributed by atoms with Gasteiger partial charge >= 0.3 is 0 Å². The molecular formula is C20H21ClN2O4. The van der Waals surface area contributed by atoms with Gasteiger partial charge in [0.15, 0.2) is 11.5 Å². The molecule has 1 aliphatic heterocycles. The van der Waals surface area contributed by atoms with E-state index in [0.29, 0.717) is 28.8 Å². The second kappa shape index (κ2) is 8.31. The molecule has 27 heavy (non-hydrogen) atoms. The number of carbonyl (C=O) groups excluding carboxylic acids is 2. The van der Waals surface area contributed by atoms with Crippen LogP contribution in [0.2, 0.25) is 5.02 Å². The summed E-state index contributed by atoms with van der Waals surface area (Å²) >= 11 is 5.86. The molecule has 0 radical (unpaired) electrons. The van der Waals surface area contributed by atoms with Crippen molar-refractivity contribution >= 4 is 29.1 Å². The molecule has 1 fully saturated rings. The van der Waals surface area contributed by atoms with Crippen molar-refractivity contribution in [2.75, 3.05) is 25.7 Å². The number of ether oxygens (including phenoxy) is 2. The number of halogens is 1. The minimum atomic E-state index is -0.231. The Morgan fingerprint density at radius 3 is 2.52 bits per heavy atom. The Morgan fingerprint density at radius 2 is 1.85 bits per heavy atom. The number of amides is 2. The lowest BCUT2D eigenvalue weighted by atomic mass is 10.1. The summed E-state index contributed by atoms with van der Waals surface area (Å²) in [5, 5.41) is 3.56. The molecule has 1 atom stereocenters. The van der Waals surface area contributed by atoms with Gasteiger partial charge in [-0.3, -0.25) is 9.59 Å². The molecular weight excluding hydrogens is 368 g/mol. The average molecular weight is 389 g/mol. The second-order valence-electron chi connectivity index (χ2n) is 6.32. The Kier molecular flexibility index (Phi) is 5.86. The Balaban J connectivity index is 1.63.